The van der Waals surface area contributed by atoms with Crippen molar-refractivity contribution < 1.29 is 4.74 Å². The zero-order valence-corrected chi connectivity index (χ0v) is 8.80. The van der Waals surface area contributed by atoms with Crippen LogP contribution in [0.3, 0.4) is 0 Å². The van der Waals surface area contributed by atoms with Gasteiger partial charge < -0.3 is 10.5 Å². The van der Waals surface area contributed by atoms with Gasteiger partial charge in [-0.2, -0.15) is 5.26 Å². The minimum Gasteiger partial charge on any atom is -0.378 e. The number of nitrogens with two attached hydrogens (primary N) is 1. The molecule has 0 radical (unpaired) electrons. The zero-order valence-electron chi connectivity index (χ0n) is 7.99. The van der Waals surface area contributed by atoms with Crippen molar-refractivity contribution in [2.45, 2.75) is 13.0 Å². The third kappa shape index (κ3) is 1.25. The third-order valence-electron chi connectivity index (χ3n) is 2.72. The number of aryl methyl sites for hydroxylation is 1. The van der Waals surface area contributed by atoms with Crippen molar-refractivity contribution in [3.8, 4) is 6.07 Å². The van der Waals surface area contributed by atoms with E-state index in [4.69, 9.17) is 15.7 Å². The Labute approximate surface area is 87.1 Å². The molecule has 2 heterocycles. The maximum absolute atomic E-state index is 9.09. The number of hydrogen-bond donors (Lipinski definition) is 1. The van der Waals surface area contributed by atoms with E-state index in [0.29, 0.717) is 13.2 Å². The van der Waals surface area contributed by atoms with Gasteiger partial charge >= 0.3 is 0 Å². The lowest BCUT2D eigenvalue weighted by Crippen LogP contribution is -2.49. The van der Waals surface area contributed by atoms with Gasteiger partial charge in [0, 0.05) is 4.88 Å². The van der Waals surface area contributed by atoms with E-state index in [0.717, 1.165) is 4.88 Å². The van der Waals surface area contributed by atoms with E-state index in [9.17, 15) is 0 Å². The monoisotopic (exact) mass is 208 g/mol. The van der Waals surface area contributed by atoms with E-state index in [-0.39, 0.29) is 6.04 Å². The molecule has 2 rings (SSSR count). The molecule has 3 nitrogen and oxygen atoms in total. The van der Waals surface area contributed by atoms with Crippen molar-refractivity contribution in [2.75, 3.05) is 13.2 Å². The number of nitriles is 1. The predicted molar refractivity (Wildman–Crippen MR) is 54.8 cm³/mol. The number of thiophene rings is 1. The van der Waals surface area contributed by atoms with Gasteiger partial charge in [-0.1, -0.05) is 0 Å². The van der Waals surface area contributed by atoms with Gasteiger partial charge in [0.05, 0.1) is 25.3 Å². The van der Waals surface area contributed by atoms with Gasteiger partial charge in [-0.25, -0.2) is 0 Å². The molecule has 1 aromatic rings. The molecule has 14 heavy (non-hydrogen) atoms. The second-order valence-corrected chi connectivity index (χ2v) is 4.65. The summed E-state index contributed by atoms with van der Waals surface area (Å²) in [6.45, 7) is 2.94. The molecule has 2 N–H and O–H groups in total. The summed E-state index contributed by atoms with van der Waals surface area (Å²) in [6.07, 6.45) is 0. The number of nitrogens with zero attached hydrogens (tertiary/aromatic N) is 1. The number of hydrogen-bond acceptors (Lipinski definition) is 4. The van der Waals surface area contributed by atoms with Crippen LogP contribution >= 0.6 is 11.3 Å². The van der Waals surface area contributed by atoms with E-state index in [1.54, 1.807) is 11.3 Å². The average Bonchev–Trinajstić information content (AvgIpc) is 2.50. The van der Waals surface area contributed by atoms with Crippen LogP contribution in [0.15, 0.2) is 11.4 Å². The molecule has 1 saturated heterocycles. The summed E-state index contributed by atoms with van der Waals surface area (Å²) in [4.78, 5) is 1.11. The number of ether oxygens (including phenoxy) is 1. The van der Waals surface area contributed by atoms with Gasteiger partial charge in [0.2, 0.25) is 0 Å². The molecule has 0 spiro atoms. The van der Waals surface area contributed by atoms with Crippen LogP contribution in [0.4, 0.5) is 0 Å². The summed E-state index contributed by atoms with van der Waals surface area (Å²) in [5.41, 5.74) is 6.78. The van der Waals surface area contributed by atoms with Crippen LogP contribution in [0, 0.1) is 23.7 Å². The first-order valence-corrected chi connectivity index (χ1v) is 5.36. The van der Waals surface area contributed by atoms with Crippen molar-refractivity contribution in [3.05, 3.63) is 21.9 Å². The largest absolute Gasteiger partial charge is 0.378 e. The molecule has 0 amide bonds. The smallest absolute Gasteiger partial charge is 0.124 e. The summed E-state index contributed by atoms with van der Waals surface area (Å²) in [5.74, 6) is 0. The standard InChI is InChI=1S/C10H12N2OS/c1-7-2-3-14-8(7)9(12)10(4-11)5-13-6-10/h2-3,9H,5-6,12H2,1H3. The molecule has 4 heteroatoms. The van der Waals surface area contributed by atoms with E-state index in [1.807, 2.05) is 18.4 Å². The fraction of sp³-hybridized carbons (Fsp3) is 0.500. The fourth-order valence-corrected chi connectivity index (χ4v) is 2.63. The van der Waals surface area contributed by atoms with E-state index >= 15 is 0 Å². The Balaban J connectivity index is 2.28. The molecule has 1 aliphatic heterocycles. The molecular formula is C10H12N2OS. The van der Waals surface area contributed by atoms with E-state index in [1.165, 1.54) is 5.56 Å². The van der Waals surface area contributed by atoms with Crippen LogP contribution in [0.1, 0.15) is 16.5 Å². The van der Waals surface area contributed by atoms with Crippen molar-refractivity contribution >= 4 is 11.3 Å². The Morgan fingerprint density at radius 1 is 1.71 bits per heavy atom. The second kappa shape index (κ2) is 3.35. The van der Waals surface area contributed by atoms with Crippen LogP contribution < -0.4 is 5.73 Å². The Kier molecular flexibility index (Phi) is 2.31. The first-order valence-electron chi connectivity index (χ1n) is 4.48. The van der Waals surface area contributed by atoms with Crippen LogP contribution in [0.25, 0.3) is 0 Å². The molecule has 0 bridgehead atoms. The van der Waals surface area contributed by atoms with Crippen molar-refractivity contribution in [2.24, 2.45) is 11.1 Å². The summed E-state index contributed by atoms with van der Waals surface area (Å²) in [7, 11) is 0. The topological polar surface area (TPSA) is 59.0 Å². The lowest BCUT2D eigenvalue weighted by atomic mass is 9.79. The summed E-state index contributed by atoms with van der Waals surface area (Å²) >= 11 is 1.62. The molecule has 1 aliphatic rings. The quantitative estimate of drug-likeness (QED) is 0.803. The Bertz CT molecular complexity index is 376. The summed E-state index contributed by atoms with van der Waals surface area (Å²) in [5, 5.41) is 11.1. The third-order valence-corrected chi connectivity index (χ3v) is 3.82. The van der Waals surface area contributed by atoms with Gasteiger partial charge in [-0.3, -0.25) is 0 Å². The van der Waals surface area contributed by atoms with Gasteiger partial charge in [0.1, 0.15) is 5.41 Å². The second-order valence-electron chi connectivity index (χ2n) is 3.71. The highest BCUT2D eigenvalue weighted by Gasteiger charge is 2.46. The van der Waals surface area contributed by atoms with Crippen molar-refractivity contribution in [1.82, 2.24) is 0 Å². The Morgan fingerprint density at radius 3 is 2.79 bits per heavy atom. The highest BCUT2D eigenvalue weighted by atomic mass is 32.1. The predicted octanol–water partition coefficient (Wildman–Crippen LogP) is 1.60. The van der Waals surface area contributed by atoms with Gasteiger partial charge in [0.25, 0.3) is 0 Å². The lowest BCUT2D eigenvalue weighted by Gasteiger charge is -2.39. The van der Waals surface area contributed by atoms with Gasteiger partial charge in [0.15, 0.2) is 0 Å². The van der Waals surface area contributed by atoms with Crippen LogP contribution in [-0.2, 0) is 4.74 Å². The minimum atomic E-state index is -0.490. The van der Waals surface area contributed by atoms with Gasteiger partial charge in [-0.15, -0.1) is 11.3 Å². The van der Waals surface area contributed by atoms with Crippen molar-refractivity contribution in [3.63, 3.8) is 0 Å². The molecule has 1 unspecified atom stereocenters. The maximum Gasteiger partial charge on any atom is 0.124 e. The zero-order chi connectivity index (χ0) is 10.2. The lowest BCUT2D eigenvalue weighted by molar-refractivity contribution is -0.0906. The SMILES string of the molecule is Cc1ccsc1C(N)C1(C#N)COC1. The van der Waals surface area contributed by atoms with Gasteiger partial charge in [-0.05, 0) is 23.9 Å². The normalized spacial score (nSPS) is 20.9. The van der Waals surface area contributed by atoms with Crippen LogP contribution in [0.2, 0.25) is 0 Å². The van der Waals surface area contributed by atoms with Crippen LogP contribution in [-0.4, -0.2) is 13.2 Å². The highest BCUT2D eigenvalue weighted by Crippen LogP contribution is 2.41. The van der Waals surface area contributed by atoms with Crippen molar-refractivity contribution in [1.29, 1.82) is 5.26 Å². The number of rotatable bonds is 2. The molecule has 0 aromatic carbocycles. The molecule has 1 aromatic heterocycles. The van der Waals surface area contributed by atoms with Crippen LogP contribution in [0.5, 0.6) is 0 Å². The summed E-state index contributed by atoms with van der Waals surface area (Å²) < 4.78 is 5.09. The molecule has 0 aliphatic carbocycles. The molecule has 74 valence electrons. The maximum atomic E-state index is 9.09. The molecular weight excluding hydrogens is 196 g/mol. The molecule has 1 atom stereocenters. The summed E-state index contributed by atoms with van der Waals surface area (Å²) in [6, 6.07) is 4.11. The first kappa shape index (κ1) is 9.66. The highest BCUT2D eigenvalue weighted by molar-refractivity contribution is 7.10. The molecule has 0 saturated carbocycles. The minimum absolute atomic E-state index is 0.207. The first-order chi connectivity index (χ1) is 6.69. The molecule has 1 fully saturated rings. The van der Waals surface area contributed by atoms with E-state index in [2.05, 4.69) is 6.07 Å². The fourth-order valence-electron chi connectivity index (χ4n) is 1.59. The average molecular weight is 208 g/mol. The van der Waals surface area contributed by atoms with E-state index < -0.39 is 5.41 Å². The Hall–Kier alpha value is -0.890. The Morgan fingerprint density at radius 2 is 2.43 bits per heavy atom.